The summed E-state index contributed by atoms with van der Waals surface area (Å²) in [4.78, 5) is 35.9. The fourth-order valence-electron chi connectivity index (χ4n) is 2.41. The van der Waals surface area contributed by atoms with Crippen LogP contribution in [0.1, 0.15) is 6.92 Å². The molecule has 2 aromatic carbocycles. The maximum atomic E-state index is 12.1. The van der Waals surface area contributed by atoms with E-state index in [1.54, 1.807) is 55.6 Å². The molecule has 3 amide bonds. The van der Waals surface area contributed by atoms with Gasteiger partial charge < -0.3 is 20.9 Å². The first-order valence-electron chi connectivity index (χ1n) is 8.36. The van der Waals surface area contributed by atoms with Crippen LogP contribution in [0.15, 0.2) is 48.5 Å². The molecule has 8 heteroatoms. The molecule has 0 aromatic heterocycles. The van der Waals surface area contributed by atoms with Crippen LogP contribution in [0.2, 0.25) is 5.02 Å². The Balaban J connectivity index is 1.80. The normalized spacial score (nSPS) is 11.4. The van der Waals surface area contributed by atoms with E-state index in [-0.39, 0.29) is 30.8 Å². The predicted octanol–water partition coefficient (Wildman–Crippen LogP) is 1.39. The number of carbonyl (C=O) groups excluding carboxylic acids is 3. The predicted molar refractivity (Wildman–Crippen MR) is 106 cm³/mol. The van der Waals surface area contributed by atoms with E-state index in [2.05, 4.69) is 16.0 Å². The molecule has 2 aromatic rings. The number of hydrogen-bond donors (Lipinski definition) is 4. The third kappa shape index (κ3) is 7.08. The quantitative estimate of drug-likeness (QED) is 0.576. The second-order valence-corrected chi connectivity index (χ2v) is 6.55. The average molecular weight is 390 g/mol. The van der Waals surface area contributed by atoms with Crippen molar-refractivity contribution in [2.24, 2.45) is 0 Å². The number of amides is 3. The van der Waals surface area contributed by atoms with E-state index < -0.39 is 0 Å². The standard InChI is InChI=1S/C19H21ClN4O3/c1-13(25)21-14-7-9-15(10-8-14)22-18(26)11-24(2)12-19(27)23-17-6-4-3-5-16(17)20/h3-10H,11-12H2,1-2H3,(H,21,25)(H,22,26)(H,23,27)/p+1. The Bertz CT molecular complexity index is 824. The molecule has 4 N–H and O–H groups in total. The Morgan fingerprint density at radius 1 is 0.852 bits per heavy atom. The topological polar surface area (TPSA) is 91.7 Å². The van der Waals surface area contributed by atoms with Crippen LogP contribution in [-0.4, -0.2) is 37.9 Å². The maximum Gasteiger partial charge on any atom is 0.279 e. The SMILES string of the molecule is CC(=O)Nc1ccc(NC(=O)C[NH+](C)CC(=O)Nc2ccccc2Cl)cc1. The van der Waals surface area contributed by atoms with Crippen LogP contribution in [0.5, 0.6) is 0 Å². The first-order chi connectivity index (χ1) is 12.8. The van der Waals surface area contributed by atoms with E-state index in [9.17, 15) is 14.4 Å². The van der Waals surface area contributed by atoms with Crippen LogP contribution in [0, 0.1) is 0 Å². The lowest BCUT2D eigenvalue weighted by Gasteiger charge is -2.14. The summed E-state index contributed by atoms with van der Waals surface area (Å²) < 4.78 is 0. The highest BCUT2D eigenvalue weighted by atomic mass is 35.5. The number of anilines is 3. The summed E-state index contributed by atoms with van der Waals surface area (Å²) in [6, 6.07) is 13.8. The summed E-state index contributed by atoms with van der Waals surface area (Å²) in [6.45, 7) is 1.68. The zero-order chi connectivity index (χ0) is 19.8. The molecule has 0 saturated heterocycles. The molecule has 7 nitrogen and oxygen atoms in total. The van der Waals surface area contributed by atoms with Gasteiger partial charge in [-0.25, -0.2) is 0 Å². The van der Waals surface area contributed by atoms with Gasteiger partial charge in [0.1, 0.15) is 0 Å². The van der Waals surface area contributed by atoms with Crippen LogP contribution >= 0.6 is 11.6 Å². The molecular formula is C19H22ClN4O3+. The number of nitrogens with one attached hydrogen (secondary N) is 4. The number of hydrogen-bond acceptors (Lipinski definition) is 3. The minimum Gasteiger partial charge on any atom is -0.326 e. The molecule has 0 bridgehead atoms. The van der Waals surface area contributed by atoms with Gasteiger partial charge in [-0.15, -0.1) is 0 Å². The molecular weight excluding hydrogens is 368 g/mol. The molecule has 0 radical (unpaired) electrons. The van der Waals surface area contributed by atoms with Crippen molar-refractivity contribution in [2.45, 2.75) is 6.92 Å². The van der Waals surface area contributed by atoms with Gasteiger partial charge in [0.2, 0.25) is 5.91 Å². The highest BCUT2D eigenvalue weighted by Gasteiger charge is 2.15. The van der Waals surface area contributed by atoms with Gasteiger partial charge in [0.25, 0.3) is 11.8 Å². The second-order valence-electron chi connectivity index (χ2n) is 6.15. The fraction of sp³-hybridized carbons (Fsp3) is 0.211. The molecule has 0 aliphatic heterocycles. The Kier molecular flexibility index (Phi) is 7.34. The van der Waals surface area contributed by atoms with Gasteiger partial charge in [0.05, 0.1) is 17.8 Å². The van der Waals surface area contributed by atoms with Gasteiger partial charge >= 0.3 is 0 Å². The van der Waals surface area contributed by atoms with Crippen molar-refractivity contribution >= 4 is 46.4 Å². The zero-order valence-corrected chi connectivity index (χ0v) is 15.9. The van der Waals surface area contributed by atoms with Crippen molar-refractivity contribution in [3.8, 4) is 0 Å². The average Bonchev–Trinajstić information content (AvgIpc) is 2.58. The van der Waals surface area contributed by atoms with Crippen LogP contribution in [0.25, 0.3) is 0 Å². The second kappa shape index (κ2) is 9.70. The third-order valence-electron chi connectivity index (χ3n) is 3.56. The molecule has 142 valence electrons. The van der Waals surface area contributed by atoms with Crippen molar-refractivity contribution < 1.29 is 19.3 Å². The Morgan fingerprint density at radius 2 is 1.37 bits per heavy atom. The van der Waals surface area contributed by atoms with Gasteiger partial charge in [-0.1, -0.05) is 23.7 Å². The largest absolute Gasteiger partial charge is 0.326 e. The molecule has 0 fully saturated rings. The van der Waals surface area contributed by atoms with Crippen LogP contribution in [0.3, 0.4) is 0 Å². The van der Waals surface area contributed by atoms with Crippen molar-refractivity contribution in [3.05, 3.63) is 53.6 Å². The van der Waals surface area contributed by atoms with Crippen molar-refractivity contribution in [3.63, 3.8) is 0 Å². The molecule has 1 atom stereocenters. The Hall–Kier alpha value is -2.90. The van der Waals surface area contributed by atoms with E-state index in [1.807, 2.05) is 0 Å². The van der Waals surface area contributed by atoms with E-state index >= 15 is 0 Å². The van der Waals surface area contributed by atoms with Gasteiger partial charge in [0.15, 0.2) is 13.1 Å². The van der Waals surface area contributed by atoms with Gasteiger partial charge in [0, 0.05) is 18.3 Å². The van der Waals surface area contributed by atoms with Crippen molar-refractivity contribution in [1.82, 2.24) is 0 Å². The monoisotopic (exact) mass is 389 g/mol. The number of para-hydroxylation sites is 1. The number of quaternary nitrogens is 1. The lowest BCUT2D eigenvalue weighted by atomic mass is 10.2. The van der Waals surface area contributed by atoms with E-state index in [4.69, 9.17) is 11.6 Å². The highest BCUT2D eigenvalue weighted by molar-refractivity contribution is 6.33. The van der Waals surface area contributed by atoms with Gasteiger partial charge in [-0.2, -0.15) is 0 Å². The molecule has 27 heavy (non-hydrogen) atoms. The first kappa shape index (κ1) is 20.4. The number of rotatable bonds is 7. The number of halogens is 1. The molecule has 0 heterocycles. The summed E-state index contributed by atoms with van der Waals surface area (Å²) in [5, 5.41) is 8.60. The maximum absolute atomic E-state index is 12.1. The van der Waals surface area contributed by atoms with Gasteiger partial charge in [-0.05, 0) is 36.4 Å². The van der Waals surface area contributed by atoms with Crippen LogP contribution in [-0.2, 0) is 14.4 Å². The summed E-state index contributed by atoms with van der Waals surface area (Å²) in [5.74, 6) is -0.606. The minimum atomic E-state index is -0.229. The summed E-state index contributed by atoms with van der Waals surface area (Å²) in [7, 11) is 1.76. The lowest BCUT2D eigenvalue weighted by Crippen LogP contribution is -3.11. The van der Waals surface area contributed by atoms with E-state index in [0.29, 0.717) is 22.1 Å². The highest BCUT2D eigenvalue weighted by Crippen LogP contribution is 2.19. The van der Waals surface area contributed by atoms with Crippen molar-refractivity contribution in [2.75, 3.05) is 36.1 Å². The summed E-state index contributed by atoms with van der Waals surface area (Å²) in [6.07, 6.45) is 0. The van der Waals surface area contributed by atoms with Crippen LogP contribution < -0.4 is 20.9 Å². The smallest absolute Gasteiger partial charge is 0.279 e. The third-order valence-corrected chi connectivity index (χ3v) is 3.89. The van der Waals surface area contributed by atoms with E-state index in [1.165, 1.54) is 6.92 Å². The van der Waals surface area contributed by atoms with Crippen LogP contribution in [0.4, 0.5) is 17.1 Å². The Labute approximate surface area is 162 Å². The molecule has 0 aliphatic rings. The number of likely N-dealkylation sites (N-methyl/N-ethyl adjacent to an activating group) is 1. The number of benzene rings is 2. The first-order valence-corrected chi connectivity index (χ1v) is 8.74. The van der Waals surface area contributed by atoms with E-state index in [0.717, 1.165) is 4.90 Å². The lowest BCUT2D eigenvalue weighted by molar-refractivity contribution is -0.862. The van der Waals surface area contributed by atoms with Gasteiger partial charge in [-0.3, -0.25) is 14.4 Å². The molecule has 1 unspecified atom stereocenters. The molecule has 0 saturated carbocycles. The summed E-state index contributed by atoms with van der Waals surface area (Å²) >= 11 is 6.01. The van der Waals surface area contributed by atoms with Crippen molar-refractivity contribution in [1.29, 1.82) is 0 Å². The number of carbonyl (C=O) groups is 3. The Morgan fingerprint density at radius 3 is 1.93 bits per heavy atom. The summed E-state index contributed by atoms with van der Waals surface area (Å²) in [5.41, 5.74) is 1.81. The zero-order valence-electron chi connectivity index (χ0n) is 15.1. The molecule has 0 aliphatic carbocycles. The minimum absolute atomic E-state index is 0.125. The fourth-order valence-corrected chi connectivity index (χ4v) is 2.60. The molecule has 2 rings (SSSR count). The molecule has 0 spiro atoms.